The third-order valence-electron chi connectivity index (χ3n) is 16.7. The van der Waals surface area contributed by atoms with E-state index < -0.39 is 164 Å². The number of carbonyl (C=O) groups excluding carboxylic acids is 8. The van der Waals surface area contributed by atoms with Gasteiger partial charge in [-0.25, -0.2) is 0 Å². The highest BCUT2D eigenvalue weighted by Crippen LogP contribution is 2.31. The van der Waals surface area contributed by atoms with Gasteiger partial charge in [-0.15, -0.1) is 0 Å². The molecule has 3 saturated heterocycles. The van der Waals surface area contributed by atoms with Gasteiger partial charge >= 0.3 is 23.9 Å². The number of aromatic hydroxyl groups is 1. The quantitative estimate of drug-likeness (QED) is 0.0597. The predicted molar refractivity (Wildman–Crippen MR) is 349 cm³/mol. The largest absolute Gasteiger partial charge is 0.506 e. The fourth-order valence-corrected chi connectivity index (χ4v) is 14.5. The number of amides is 5. The van der Waals surface area contributed by atoms with Gasteiger partial charge in [-0.1, -0.05) is 71.3 Å². The summed E-state index contributed by atoms with van der Waals surface area (Å²) in [6.45, 7) is 3.99. The first-order valence-electron chi connectivity index (χ1n) is 31.4. The van der Waals surface area contributed by atoms with Crippen molar-refractivity contribution in [3.63, 3.8) is 0 Å². The highest BCUT2D eigenvalue weighted by atomic mass is 35.5. The summed E-state index contributed by atoms with van der Waals surface area (Å²) in [5.41, 5.74) is 1.73. The molecule has 0 spiro atoms. The minimum Gasteiger partial charge on any atom is -0.506 e. The number of ketones is 3. The van der Waals surface area contributed by atoms with Gasteiger partial charge in [-0.05, 0) is 61.4 Å². The van der Waals surface area contributed by atoms with Crippen molar-refractivity contribution in [2.75, 3.05) is 103 Å². The highest BCUT2D eigenvalue weighted by Gasteiger charge is 2.43. The Bertz CT molecular complexity index is 3160. The van der Waals surface area contributed by atoms with Crippen LogP contribution in [0.15, 0.2) is 48.7 Å². The predicted octanol–water partition coefficient (Wildman–Crippen LogP) is 1.37. The zero-order valence-corrected chi connectivity index (χ0v) is 55.4. The number of fused-ring (bicyclic) bond motifs is 2. The summed E-state index contributed by atoms with van der Waals surface area (Å²) in [5, 5.41) is 72.3. The molecule has 0 unspecified atom stereocenters. The number of phenolic OH excluding ortho intramolecular Hbond substituents is 1. The van der Waals surface area contributed by atoms with E-state index in [2.05, 4.69) is 26.3 Å². The zero-order chi connectivity index (χ0) is 68.8. The van der Waals surface area contributed by atoms with Crippen LogP contribution in [0, 0.1) is 23.7 Å². The molecule has 11 N–H and O–H groups in total. The van der Waals surface area contributed by atoms with Crippen LogP contribution in [0.5, 0.6) is 5.75 Å². The van der Waals surface area contributed by atoms with Gasteiger partial charge in [-0.3, -0.25) is 77.1 Å². The molecule has 6 rings (SSSR count). The number of halogens is 1. The molecule has 3 aliphatic rings. The standard InChI is InChI=1S/C63H87ClN10O18S2/c1-37(2)20-41-23-44(75)29-66-60(89)42(21-39-8-10-52(77)47(64)22-39)26-54(79)51-27-45(76)30-74(51)63(92)50(36-94-93-35-38(3)67-62(41)91)69-61(90)40(9-11-56(81)82)25-53(78)49(24-43-28-65-48-7-5-4-6-46(43)48)68-55(80)31-70-12-14-71(32-57(83)84)16-18-73(34-59(87)88)19-17-72(15-13-70)33-58(85)86/h4-8,10,22,28,37-38,40-42,45,49-51,65,76-77H,9,11-21,23-27,29-36H2,1-3H3,(H,66,89)(H,67,91)(H,68,80)(H,69,90)(H,81,82)(H,83,84)(H,85,86)(H,87,88)/t38-,40+,41-,42-,45-,49+,50+,51+/m1/s1. The maximum absolute atomic E-state index is 15.1. The number of carboxylic acids is 4. The number of benzene rings is 2. The number of aliphatic hydroxyl groups is 1. The van der Waals surface area contributed by atoms with E-state index in [4.69, 9.17) is 11.6 Å². The number of aliphatic carboxylic acids is 4. The molecular weight excluding hydrogens is 1280 g/mol. The van der Waals surface area contributed by atoms with Crippen molar-refractivity contribution in [1.29, 1.82) is 0 Å². The molecule has 3 fully saturated rings. The normalized spacial score (nSPS) is 22.8. The molecule has 3 aromatic rings. The molecule has 516 valence electrons. The molecule has 5 amide bonds. The number of phenols is 1. The van der Waals surface area contributed by atoms with Crippen LogP contribution in [-0.4, -0.2) is 264 Å². The molecule has 2 aromatic carbocycles. The SMILES string of the molecule is CC(C)C[C@@H]1CC(=O)CNC(=O)[C@H](Cc2ccc(O)c(Cl)c2)CC(=O)[C@@H]2C[C@@H](O)CN2C(=O)[C@@H](NC(=O)[C@@H](CCC(=O)O)CC(=O)[C@H](Cc2c[nH]c3ccccc23)NC(=O)CN2CCN(CC(=O)O)CCN(CC(=O)O)CCN(CC(=O)O)CC2)CSSC[C@@H](C)NC1=O. The number of nitrogens with one attached hydrogen (secondary N) is 5. The lowest BCUT2D eigenvalue weighted by atomic mass is 9.90. The maximum atomic E-state index is 15.1. The summed E-state index contributed by atoms with van der Waals surface area (Å²) in [6.07, 6.45) is -2.15. The zero-order valence-electron chi connectivity index (χ0n) is 53.0. The van der Waals surface area contributed by atoms with E-state index in [1.54, 1.807) is 57.0 Å². The van der Waals surface area contributed by atoms with Gasteiger partial charge in [0.25, 0.3) is 0 Å². The molecular formula is C63H87ClN10O18S2. The second kappa shape index (κ2) is 37.2. The van der Waals surface area contributed by atoms with E-state index >= 15 is 9.59 Å². The number of nitrogens with zero attached hydrogens (tertiary/aromatic N) is 5. The second-order valence-corrected chi connectivity index (χ2v) is 27.8. The molecule has 3 aliphatic heterocycles. The number of rotatable bonds is 23. The molecule has 28 nitrogen and oxygen atoms in total. The average Bonchev–Trinajstić information content (AvgIpc) is 1.64. The van der Waals surface area contributed by atoms with Crippen molar-refractivity contribution in [3.8, 4) is 5.75 Å². The number of para-hydroxylation sites is 1. The van der Waals surface area contributed by atoms with Gasteiger partial charge in [-0.2, -0.15) is 0 Å². The smallest absolute Gasteiger partial charge is 0.317 e. The van der Waals surface area contributed by atoms with Crippen LogP contribution in [-0.2, 0) is 70.4 Å². The number of carbonyl (C=O) groups is 12. The summed E-state index contributed by atoms with van der Waals surface area (Å²) in [4.78, 5) is 174. The van der Waals surface area contributed by atoms with Crippen molar-refractivity contribution in [2.45, 2.75) is 109 Å². The third-order valence-corrected chi connectivity index (χ3v) is 19.6. The molecule has 4 heterocycles. The number of carboxylic acid groups (broad SMARTS) is 4. The maximum Gasteiger partial charge on any atom is 0.317 e. The number of aromatic amines is 1. The summed E-state index contributed by atoms with van der Waals surface area (Å²) >= 11 is 6.24. The van der Waals surface area contributed by atoms with Crippen LogP contribution in [0.1, 0.15) is 76.8 Å². The van der Waals surface area contributed by atoms with Gasteiger partial charge in [0.2, 0.25) is 29.5 Å². The van der Waals surface area contributed by atoms with E-state index in [-0.39, 0.29) is 126 Å². The average molecular weight is 1370 g/mol. The van der Waals surface area contributed by atoms with E-state index in [1.807, 2.05) is 13.8 Å². The second-order valence-electron chi connectivity index (χ2n) is 24.8. The molecule has 8 atom stereocenters. The lowest BCUT2D eigenvalue weighted by molar-refractivity contribution is -0.142. The Balaban J connectivity index is 1.29. The molecule has 94 heavy (non-hydrogen) atoms. The van der Waals surface area contributed by atoms with E-state index in [1.165, 1.54) is 29.0 Å². The van der Waals surface area contributed by atoms with Crippen LogP contribution < -0.4 is 21.3 Å². The molecule has 1 aromatic heterocycles. The van der Waals surface area contributed by atoms with Gasteiger partial charge in [0.1, 0.15) is 11.8 Å². The number of hydrogen-bond donors (Lipinski definition) is 11. The number of hydrogen-bond acceptors (Lipinski definition) is 20. The van der Waals surface area contributed by atoms with Crippen molar-refractivity contribution in [1.82, 2.24) is 50.8 Å². The third kappa shape index (κ3) is 24.9. The van der Waals surface area contributed by atoms with Crippen LogP contribution in [0.3, 0.4) is 0 Å². The fourth-order valence-electron chi connectivity index (χ4n) is 11.8. The summed E-state index contributed by atoms with van der Waals surface area (Å²) in [5.74, 6) is -13.6. The molecule has 0 radical (unpaired) electrons. The number of aromatic nitrogens is 1. The van der Waals surface area contributed by atoms with Crippen LogP contribution in [0.2, 0.25) is 5.02 Å². The molecule has 31 heteroatoms. The van der Waals surface area contributed by atoms with Crippen LogP contribution >= 0.6 is 33.2 Å². The van der Waals surface area contributed by atoms with Gasteiger partial charge < -0.3 is 61.8 Å². The fraction of sp³-hybridized carbons (Fsp3) is 0.587. The Morgan fingerprint density at radius 1 is 0.745 bits per heavy atom. The number of aliphatic hydroxyl groups excluding tert-OH is 1. The van der Waals surface area contributed by atoms with E-state index in [0.717, 1.165) is 15.7 Å². The lowest BCUT2D eigenvalue weighted by Gasteiger charge is -2.33. The highest BCUT2D eigenvalue weighted by molar-refractivity contribution is 8.76. The Morgan fingerprint density at radius 3 is 1.93 bits per heavy atom. The van der Waals surface area contributed by atoms with E-state index in [0.29, 0.717) is 28.5 Å². The first kappa shape index (κ1) is 75.8. The Morgan fingerprint density at radius 2 is 1.34 bits per heavy atom. The van der Waals surface area contributed by atoms with Gasteiger partial charge in [0, 0.05) is 150 Å². The summed E-state index contributed by atoms with van der Waals surface area (Å²) in [7, 11) is 2.36. The monoisotopic (exact) mass is 1370 g/mol. The van der Waals surface area contributed by atoms with Crippen molar-refractivity contribution in [3.05, 3.63) is 64.8 Å². The Labute approximate surface area is 557 Å². The van der Waals surface area contributed by atoms with Crippen molar-refractivity contribution >= 4 is 115 Å². The minimum atomic E-state index is -1.49. The van der Waals surface area contributed by atoms with Gasteiger partial charge in [0.05, 0.1) is 55.9 Å². The first-order chi connectivity index (χ1) is 44.6. The molecule has 0 aliphatic carbocycles. The van der Waals surface area contributed by atoms with Crippen LogP contribution in [0.25, 0.3) is 10.9 Å². The van der Waals surface area contributed by atoms with Crippen molar-refractivity contribution < 1.29 is 88.2 Å². The summed E-state index contributed by atoms with van der Waals surface area (Å²) < 4.78 is 0. The van der Waals surface area contributed by atoms with Crippen LogP contribution in [0.4, 0.5) is 0 Å². The Hall–Kier alpha value is -7.19. The van der Waals surface area contributed by atoms with Gasteiger partial charge in [0.15, 0.2) is 17.3 Å². The van der Waals surface area contributed by atoms with Crippen molar-refractivity contribution in [2.24, 2.45) is 23.7 Å². The molecule has 0 bridgehead atoms. The summed E-state index contributed by atoms with van der Waals surface area (Å²) in [6, 6.07) is 6.71. The number of H-pyrrole nitrogens is 1. The first-order valence-corrected chi connectivity index (χ1v) is 34.2. The Kier molecular flexibility index (Phi) is 30.0. The van der Waals surface area contributed by atoms with E-state index in [9.17, 15) is 78.6 Å². The lowest BCUT2D eigenvalue weighted by Crippen LogP contribution is -2.54. The molecule has 0 saturated carbocycles. The topological polar surface area (TPSA) is 406 Å². The number of Topliss-reactive ketones (excluding diaryl/α,β-unsaturated/α-hetero) is 3. The minimum absolute atomic E-state index is 0.00830.